The van der Waals surface area contributed by atoms with Crippen LogP contribution in [-0.4, -0.2) is 15.9 Å². The van der Waals surface area contributed by atoms with Gasteiger partial charge in [0.25, 0.3) is 5.56 Å². The Kier molecular flexibility index (Phi) is 8.12. The fourth-order valence-electron chi connectivity index (χ4n) is 4.69. The van der Waals surface area contributed by atoms with Crippen LogP contribution in [0.1, 0.15) is 60.5 Å². The topological polar surface area (TPSA) is 56.5 Å². The van der Waals surface area contributed by atoms with E-state index in [9.17, 15) is 4.79 Å². The van der Waals surface area contributed by atoms with Crippen LogP contribution in [0.25, 0.3) is 10.9 Å². The molecular formula is C29H26Br2ClN3O2. The largest absolute Gasteiger partial charge is 0.487 e. The monoisotopic (exact) mass is 641 g/mol. The van der Waals surface area contributed by atoms with Gasteiger partial charge in [-0.3, -0.25) is 4.79 Å². The summed E-state index contributed by atoms with van der Waals surface area (Å²) in [5.41, 5.74) is 3.41. The van der Waals surface area contributed by atoms with Gasteiger partial charge in [0.1, 0.15) is 18.2 Å². The van der Waals surface area contributed by atoms with Gasteiger partial charge in [-0.25, -0.2) is 4.98 Å². The standard InChI is InChI=1S/C29H26Br2ClN3O2/c1-18-7-9-19(10-8-18)17-37-27-21(13-23(32)15-25(27)31)16-33-35-28(20-5-3-2-4-6-20)34-26-12-11-22(30)14-24(26)29(35)36/h7-16,20H,2-6,17H2,1H3. The van der Waals surface area contributed by atoms with Gasteiger partial charge in [-0.1, -0.05) is 76.6 Å². The molecule has 5 rings (SSSR count). The van der Waals surface area contributed by atoms with Crippen LogP contribution in [0.4, 0.5) is 0 Å². The molecule has 1 aromatic heterocycles. The van der Waals surface area contributed by atoms with Crippen molar-refractivity contribution in [1.29, 1.82) is 0 Å². The minimum Gasteiger partial charge on any atom is -0.487 e. The predicted octanol–water partition coefficient (Wildman–Crippen LogP) is 8.39. The molecule has 4 aromatic rings. The number of hydrogen-bond acceptors (Lipinski definition) is 4. The summed E-state index contributed by atoms with van der Waals surface area (Å²) in [7, 11) is 0. The number of fused-ring (bicyclic) bond motifs is 1. The average molecular weight is 644 g/mol. The number of ether oxygens (including phenoxy) is 1. The molecule has 0 radical (unpaired) electrons. The highest BCUT2D eigenvalue weighted by Crippen LogP contribution is 2.34. The lowest BCUT2D eigenvalue weighted by Gasteiger charge is -2.22. The number of aromatic nitrogens is 2. The highest BCUT2D eigenvalue weighted by atomic mass is 79.9. The summed E-state index contributed by atoms with van der Waals surface area (Å²) >= 11 is 13.4. The zero-order chi connectivity index (χ0) is 25.9. The van der Waals surface area contributed by atoms with E-state index in [1.165, 1.54) is 16.7 Å². The first-order valence-electron chi connectivity index (χ1n) is 12.3. The van der Waals surface area contributed by atoms with E-state index in [1.807, 2.05) is 24.3 Å². The molecule has 8 heteroatoms. The maximum absolute atomic E-state index is 13.6. The Morgan fingerprint density at radius 3 is 2.59 bits per heavy atom. The van der Waals surface area contributed by atoms with E-state index < -0.39 is 0 Å². The van der Waals surface area contributed by atoms with Gasteiger partial charge in [0.2, 0.25) is 0 Å². The molecule has 0 saturated heterocycles. The van der Waals surface area contributed by atoms with Crippen LogP contribution in [-0.2, 0) is 6.61 Å². The maximum Gasteiger partial charge on any atom is 0.282 e. The Balaban J connectivity index is 1.56. The molecule has 0 unspecified atom stereocenters. The van der Waals surface area contributed by atoms with Crippen LogP contribution in [0.3, 0.4) is 0 Å². The summed E-state index contributed by atoms with van der Waals surface area (Å²) in [5.74, 6) is 1.51. The number of nitrogens with zero attached hydrogens (tertiary/aromatic N) is 3. The second-order valence-corrected chi connectivity index (χ2v) is 11.6. The van der Waals surface area contributed by atoms with Gasteiger partial charge >= 0.3 is 0 Å². The van der Waals surface area contributed by atoms with Gasteiger partial charge in [0.15, 0.2) is 0 Å². The third-order valence-electron chi connectivity index (χ3n) is 6.66. The second-order valence-electron chi connectivity index (χ2n) is 9.41. The summed E-state index contributed by atoms with van der Waals surface area (Å²) in [6.07, 6.45) is 7.10. The van der Waals surface area contributed by atoms with Crippen molar-refractivity contribution in [2.75, 3.05) is 0 Å². The Morgan fingerprint density at radius 1 is 1.08 bits per heavy atom. The van der Waals surface area contributed by atoms with Crippen molar-refractivity contribution in [3.8, 4) is 5.75 Å². The Morgan fingerprint density at radius 2 is 1.84 bits per heavy atom. The Labute approximate surface area is 237 Å². The van der Waals surface area contributed by atoms with Crippen molar-refractivity contribution in [3.05, 3.63) is 101 Å². The second kappa shape index (κ2) is 11.5. The maximum atomic E-state index is 13.6. The molecule has 5 nitrogen and oxygen atoms in total. The quantitative estimate of drug-likeness (QED) is 0.198. The van der Waals surface area contributed by atoms with E-state index in [0.29, 0.717) is 44.1 Å². The van der Waals surface area contributed by atoms with E-state index in [2.05, 4.69) is 56.0 Å². The van der Waals surface area contributed by atoms with Crippen LogP contribution < -0.4 is 10.3 Å². The van der Waals surface area contributed by atoms with Crippen LogP contribution >= 0.6 is 43.5 Å². The van der Waals surface area contributed by atoms with E-state index in [1.54, 1.807) is 24.4 Å². The van der Waals surface area contributed by atoms with Crippen LogP contribution in [0.5, 0.6) is 5.75 Å². The summed E-state index contributed by atoms with van der Waals surface area (Å²) < 4.78 is 9.20. The third kappa shape index (κ3) is 6.00. The van der Waals surface area contributed by atoms with Gasteiger partial charge in [0.05, 0.1) is 21.6 Å². The van der Waals surface area contributed by atoms with E-state index >= 15 is 0 Å². The lowest BCUT2D eigenvalue weighted by Crippen LogP contribution is -2.25. The minimum absolute atomic E-state index is 0.189. The van der Waals surface area contributed by atoms with Crippen LogP contribution in [0.2, 0.25) is 5.02 Å². The molecule has 0 N–H and O–H groups in total. The van der Waals surface area contributed by atoms with Crippen molar-refractivity contribution in [1.82, 2.24) is 9.66 Å². The number of rotatable bonds is 6. The number of aryl methyl sites for hydroxylation is 1. The summed E-state index contributed by atoms with van der Waals surface area (Å²) in [6, 6.07) is 17.4. The summed E-state index contributed by atoms with van der Waals surface area (Å²) in [6.45, 7) is 2.44. The highest BCUT2D eigenvalue weighted by molar-refractivity contribution is 9.10. The van der Waals surface area contributed by atoms with E-state index in [-0.39, 0.29) is 11.5 Å². The third-order valence-corrected chi connectivity index (χ3v) is 7.96. The van der Waals surface area contributed by atoms with Crippen molar-refractivity contribution in [2.24, 2.45) is 5.10 Å². The molecule has 0 bridgehead atoms. The summed E-state index contributed by atoms with van der Waals surface area (Å²) in [4.78, 5) is 18.6. The average Bonchev–Trinajstić information content (AvgIpc) is 2.89. The van der Waals surface area contributed by atoms with Crippen molar-refractivity contribution in [3.63, 3.8) is 0 Å². The lowest BCUT2D eigenvalue weighted by atomic mass is 9.88. The van der Waals surface area contributed by atoms with Crippen molar-refractivity contribution >= 4 is 60.6 Å². The first-order valence-corrected chi connectivity index (χ1v) is 14.3. The number of benzene rings is 3. The molecule has 1 saturated carbocycles. The zero-order valence-electron chi connectivity index (χ0n) is 20.4. The molecule has 1 aliphatic rings. The molecule has 1 fully saturated rings. The van der Waals surface area contributed by atoms with Crippen molar-refractivity contribution < 1.29 is 4.74 Å². The molecule has 37 heavy (non-hydrogen) atoms. The molecule has 0 amide bonds. The molecule has 1 heterocycles. The molecule has 0 aliphatic heterocycles. The van der Waals surface area contributed by atoms with Gasteiger partial charge < -0.3 is 4.74 Å². The SMILES string of the molecule is Cc1ccc(COc2c(Br)cc(Cl)cc2C=Nn2c(C3CCCCC3)nc3ccc(Br)cc3c2=O)cc1. The smallest absolute Gasteiger partial charge is 0.282 e. The number of halogens is 3. The fraction of sp³-hybridized carbons (Fsp3) is 0.276. The molecule has 0 spiro atoms. The fourth-order valence-corrected chi connectivity index (χ4v) is 6.00. The minimum atomic E-state index is -0.189. The molecular weight excluding hydrogens is 618 g/mol. The normalized spacial score (nSPS) is 14.5. The molecule has 3 aromatic carbocycles. The lowest BCUT2D eigenvalue weighted by molar-refractivity contribution is 0.304. The predicted molar refractivity (Wildman–Crippen MR) is 157 cm³/mol. The summed E-state index contributed by atoms with van der Waals surface area (Å²) in [5, 5.41) is 5.74. The molecule has 1 aliphatic carbocycles. The Bertz CT molecular complexity index is 1530. The first kappa shape index (κ1) is 26.1. The molecule has 190 valence electrons. The molecule has 0 atom stereocenters. The van der Waals surface area contributed by atoms with Crippen LogP contribution in [0.15, 0.2) is 73.4 Å². The highest BCUT2D eigenvalue weighted by Gasteiger charge is 2.22. The van der Waals surface area contributed by atoms with Crippen LogP contribution in [0, 0.1) is 6.92 Å². The van der Waals surface area contributed by atoms with E-state index in [4.69, 9.17) is 21.3 Å². The van der Waals surface area contributed by atoms with Gasteiger partial charge in [-0.2, -0.15) is 9.78 Å². The van der Waals surface area contributed by atoms with Gasteiger partial charge in [0, 0.05) is 21.0 Å². The zero-order valence-corrected chi connectivity index (χ0v) is 24.3. The first-order chi connectivity index (χ1) is 17.9. The number of hydrogen-bond donors (Lipinski definition) is 0. The van der Waals surface area contributed by atoms with E-state index in [0.717, 1.165) is 35.7 Å². The Hall–Kier alpha value is -2.48. The van der Waals surface area contributed by atoms with Crippen molar-refractivity contribution in [2.45, 2.75) is 51.6 Å². The van der Waals surface area contributed by atoms with Gasteiger partial charge in [-0.15, -0.1) is 0 Å². The van der Waals surface area contributed by atoms with Gasteiger partial charge in [-0.05, 0) is 71.6 Å².